The van der Waals surface area contributed by atoms with Crippen molar-refractivity contribution in [3.63, 3.8) is 0 Å². The Labute approximate surface area is 176 Å². The van der Waals surface area contributed by atoms with Gasteiger partial charge in [-0.2, -0.15) is 4.31 Å². The van der Waals surface area contributed by atoms with Crippen LogP contribution in [0.15, 0.2) is 41.3 Å². The molecular formula is C19H18ClF3N2O4S. The third-order valence-corrected chi connectivity index (χ3v) is 6.79. The maximum absolute atomic E-state index is 14.4. The number of hydrogen-bond donors (Lipinski definition) is 2. The molecule has 1 fully saturated rings. The van der Waals surface area contributed by atoms with Crippen molar-refractivity contribution >= 4 is 33.2 Å². The first-order valence-electron chi connectivity index (χ1n) is 8.96. The van der Waals surface area contributed by atoms with E-state index in [2.05, 4.69) is 5.32 Å². The predicted molar refractivity (Wildman–Crippen MR) is 105 cm³/mol. The van der Waals surface area contributed by atoms with Gasteiger partial charge >= 0.3 is 0 Å². The summed E-state index contributed by atoms with van der Waals surface area (Å²) in [6.07, 6.45) is -2.94. The molecule has 11 heteroatoms. The van der Waals surface area contributed by atoms with Gasteiger partial charge in [0.25, 0.3) is 5.91 Å². The van der Waals surface area contributed by atoms with Crippen molar-refractivity contribution in [2.24, 2.45) is 0 Å². The van der Waals surface area contributed by atoms with Crippen LogP contribution in [0.4, 0.5) is 18.9 Å². The van der Waals surface area contributed by atoms with Crippen LogP contribution in [0.25, 0.3) is 0 Å². The standard InChI is InChI=1S/C19H18ClF3N2O4S/c20-15-9-13(2-4-16(15)22)24-19(27)11-1-3-17(23)18(7-11)30(28,29)25-6-5-12(21)8-14(26)10-25/h1-4,7,9,12,14,26H,5-6,8,10H2,(H,24,27). The second-order valence-electron chi connectivity index (χ2n) is 6.87. The zero-order valence-corrected chi connectivity index (χ0v) is 17.1. The molecule has 2 unspecified atom stereocenters. The lowest BCUT2D eigenvalue weighted by molar-refractivity contribution is 0.102. The summed E-state index contributed by atoms with van der Waals surface area (Å²) in [5.74, 6) is -2.54. The third-order valence-electron chi connectivity index (χ3n) is 4.62. The fourth-order valence-electron chi connectivity index (χ4n) is 3.07. The monoisotopic (exact) mass is 462 g/mol. The number of aliphatic hydroxyl groups excluding tert-OH is 1. The molecule has 1 amide bonds. The lowest BCUT2D eigenvalue weighted by atomic mass is 10.1. The van der Waals surface area contributed by atoms with E-state index in [1.54, 1.807) is 0 Å². The summed E-state index contributed by atoms with van der Waals surface area (Å²) in [6.45, 7) is -0.614. The molecule has 3 rings (SSSR count). The lowest BCUT2D eigenvalue weighted by Crippen LogP contribution is -2.36. The van der Waals surface area contributed by atoms with Crippen LogP contribution in [-0.2, 0) is 10.0 Å². The lowest BCUT2D eigenvalue weighted by Gasteiger charge is -2.22. The molecule has 0 saturated carbocycles. The first kappa shape index (κ1) is 22.5. The van der Waals surface area contributed by atoms with Crippen LogP contribution < -0.4 is 5.32 Å². The van der Waals surface area contributed by atoms with Gasteiger partial charge in [0.05, 0.1) is 11.1 Å². The van der Waals surface area contributed by atoms with Crippen molar-refractivity contribution in [2.75, 3.05) is 18.4 Å². The molecule has 0 bridgehead atoms. The number of carbonyl (C=O) groups excluding carboxylic acids is 1. The number of nitrogens with one attached hydrogen (secondary N) is 1. The number of alkyl halides is 1. The number of carbonyl (C=O) groups is 1. The summed E-state index contributed by atoms with van der Waals surface area (Å²) in [7, 11) is -4.43. The Hall–Kier alpha value is -2.14. The Morgan fingerprint density at radius 2 is 1.87 bits per heavy atom. The van der Waals surface area contributed by atoms with Gasteiger partial charge in [0.1, 0.15) is 22.7 Å². The summed E-state index contributed by atoms with van der Waals surface area (Å²) < 4.78 is 67.8. The van der Waals surface area contributed by atoms with Gasteiger partial charge in [-0.15, -0.1) is 0 Å². The number of rotatable bonds is 4. The number of anilines is 1. The minimum atomic E-state index is -4.43. The first-order chi connectivity index (χ1) is 14.1. The van der Waals surface area contributed by atoms with E-state index >= 15 is 0 Å². The van der Waals surface area contributed by atoms with Gasteiger partial charge in [-0.1, -0.05) is 11.6 Å². The summed E-state index contributed by atoms with van der Waals surface area (Å²) in [5.41, 5.74) is -0.0149. The van der Waals surface area contributed by atoms with Crippen LogP contribution in [-0.4, -0.2) is 49.1 Å². The number of nitrogens with zero attached hydrogens (tertiary/aromatic N) is 1. The number of benzene rings is 2. The minimum absolute atomic E-state index is 0.136. The van der Waals surface area contributed by atoms with Crippen LogP contribution in [0.1, 0.15) is 23.2 Å². The minimum Gasteiger partial charge on any atom is -0.392 e. The van der Waals surface area contributed by atoms with Gasteiger partial charge in [0, 0.05) is 30.8 Å². The van der Waals surface area contributed by atoms with Gasteiger partial charge < -0.3 is 10.4 Å². The summed E-state index contributed by atoms with van der Waals surface area (Å²) in [4.78, 5) is 11.7. The molecule has 1 aliphatic rings. The molecule has 2 atom stereocenters. The Kier molecular flexibility index (Phi) is 6.71. The highest BCUT2D eigenvalue weighted by Gasteiger charge is 2.33. The Morgan fingerprint density at radius 1 is 1.17 bits per heavy atom. The highest BCUT2D eigenvalue weighted by molar-refractivity contribution is 7.89. The van der Waals surface area contributed by atoms with Crippen molar-refractivity contribution in [1.29, 1.82) is 0 Å². The average molecular weight is 463 g/mol. The molecule has 30 heavy (non-hydrogen) atoms. The number of halogens is 4. The Morgan fingerprint density at radius 3 is 2.57 bits per heavy atom. The first-order valence-corrected chi connectivity index (χ1v) is 10.8. The van der Waals surface area contributed by atoms with Crippen molar-refractivity contribution in [3.8, 4) is 0 Å². The number of amides is 1. The van der Waals surface area contributed by atoms with E-state index in [0.717, 1.165) is 28.6 Å². The van der Waals surface area contributed by atoms with Crippen molar-refractivity contribution < 1.29 is 31.5 Å². The maximum Gasteiger partial charge on any atom is 0.255 e. The van der Waals surface area contributed by atoms with Gasteiger partial charge in [0.2, 0.25) is 10.0 Å². The summed E-state index contributed by atoms with van der Waals surface area (Å²) in [6, 6.07) is 6.24. The van der Waals surface area contributed by atoms with E-state index in [1.165, 1.54) is 12.1 Å². The zero-order valence-electron chi connectivity index (χ0n) is 15.5. The SMILES string of the molecule is O=C(Nc1ccc(F)c(Cl)c1)c1ccc(F)c(S(=O)(=O)N2CCC(F)CC(O)C2)c1. The number of sulfonamides is 1. The average Bonchev–Trinajstić information content (AvgIpc) is 2.85. The van der Waals surface area contributed by atoms with Crippen molar-refractivity contribution in [3.05, 3.63) is 58.6 Å². The zero-order chi connectivity index (χ0) is 22.1. The second-order valence-corrected chi connectivity index (χ2v) is 9.18. The highest BCUT2D eigenvalue weighted by Crippen LogP contribution is 2.26. The Balaban J connectivity index is 1.88. The van der Waals surface area contributed by atoms with Gasteiger partial charge in [-0.3, -0.25) is 4.79 Å². The molecule has 0 radical (unpaired) electrons. The number of aliphatic hydroxyl groups is 1. The normalized spacial score (nSPS) is 20.6. The van der Waals surface area contributed by atoms with E-state index in [4.69, 9.17) is 11.6 Å². The number of hydrogen-bond acceptors (Lipinski definition) is 4. The van der Waals surface area contributed by atoms with Crippen LogP contribution >= 0.6 is 11.6 Å². The van der Waals surface area contributed by atoms with E-state index in [-0.39, 0.29) is 42.2 Å². The molecule has 1 heterocycles. The van der Waals surface area contributed by atoms with E-state index in [9.17, 15) is 31.5 Å². The fourth-order valence-corrected chi connectivity index (χ4v) is 4.84. The molecule has 0 aliphatic carbocycles. The maximum atomic E-state index is 14.4. The largest absolute Gasteiger partial charge is 0.392 e. The summed E-state index contributed by atoms with van der Waals surface area (Å²) in [5, 5.41) is 12.0. The molecule has 0 spiro atoms. The Bertz CT molecular complexity index is 1070. The molecular weight excluding hydrogens is 445 g/mol. The van der Waals surface area contributed by atoms with Gasteiger partial charge in [-0.05, 0) is 42.8 Å². The van der Waals surface area contributed by atoms with Crippen molar-refractivity contribution in [1.82, 2.24) is 4.31 Å². The molecule has 1 aliphatic heterocycles. The smallest absolute Gasteiger partial charge is 0.255 e. The molecule has 0 aromatic heterocycles. The predicted octanol–water partition coefficient (Wildman–Crippen LogP) is 3.35. The number of β-amino-alcohol motifs (C(OH)–C–C–N with tert-alkyl or cyclic N) is 1. The van der Waals surface area contributed by atoms with Crippen LogP contribution in [0.2, 0.25) is 5.02 Å². The van der Waals surface area contributed by atoms with Gasteiger partial charge in [-0.25, -0.2) is 21.6 Å². The summed E-state index contributed by atoms with van der Waals surface area (Å²) >= 11 is 5.66. The molecule has 1 saturated heterocycles. The molecule has 162 valence electrons. The second kappa shape index (κ2) is 8.93. The molecule has 2 aromatic rings. The fraction of sp³-hybridized carbons (Fsp3) is 0.316. The highest BCUT2D eigenvalue weighted by atomic mass is 35.5. The van der Waals surface area contributed by atoms with E-state index < -0.39 is 44.7 Å². The van der Waals surface area contributed by atoms with Crippen LogP contribution in [0, 0.1) is 11.6 Å². The molecule has 6 nitrogen and oxygen atoms in total. The van der Waals surface area contributed by atoms with E-state index in [0.29, 0.717) is 0 Å². The topological polar surface area (TPSA) is 86.7 Å². The van der Waals surface area contributed by atoms with Crippen molar-refractivity contribution in [2.45, 2.75) is 30.0 Å². The quantitative estimate of drug-likeness (QED) is 0.729. The van der Waals surface area contributed by atoms with Gasteiger partial charge in [0.15, 0.2) is 0 Å². The molecule has 2 N–H and O–H groups in total. The molecule has 2 aromatic carbocycles. The van der Waals surface area contributed by atoms with Crippen LogP contribution in [0.3, 0.4) is 0 Å². The third kappa shape index (κ3) is 4.94. The van der Waals surface area contributed by atoms with E-state index in [1.807, 2.05) is 0 Å². The van der Waals surface area contributed by atoms with Crippen LogP contribution in [0.5, 0.6) is 0 Å².